The summed E-state index contributed by atoms with van der Waals surface area (Å²) in [4.78, 5) is 14.6. The van der Waals surface area contributed by atoms with Gasteiger partial charge in [-0.05, 0) is 44.1 Å². The Bertz CT molecular complexity index is 658. The molecule has 1 saturated carbocycles. The zero-order chi connectivity index (χ0) is 20.2. The molecule has 3 unspecified atom stereocenters. The van der Waals surface area contributed by atoms with Crippen LogP contribution in [0.3, 0.4) is 0 Å². The number of rotatable bonds is 6. The second-order valence-corrected chi connectivity index (χ2v) is 9.00. The largest absolute Gasteiger partial charge is 0.534 e. The molecule has 0 radical (unpaired) electrons. The van der Waals surface area contributed by atoms with E-state index in [4.69, 9.17) is 0 Å². The molecule has 0 spiro atoms. The van der Waals surface area contributed by atoms with Crippen molar-refractivity contribution in [2.24, 2.45) is 11.8 Å². The normalized spacial score (nSPS) is 27.0. The van der Waals surface area contributed by atoms with Gasteiger partial charge in [0.1, 0.15) is 5.76 Å². The molecule has 27 heavy (non-hydrogen) atoms. The number of carbonyl (C=O) groups excluding carboxylic acids is 1. The molecule has 2 aliphatic carbocycles. The number of alkyl halides is 3. The molecule has 2 aliphatic rings. The zero-order valence-corrected chi connectivity index (χ0v) is 16.6. The van der Waals surface area contributed by atoms with Crippen LogP contribution in [0.1, 0.15) is 64.7 Å². The van der Waals surface area contributed by atoms with Gasteiger partial charge in [-0.15, -0.1) is 0 Å². The predicted molar refractivity (Wildman–Crippen MR) is 94.9 cm³/mol. The van der Waals surface area contributed by atoms with Crippen LogP contribution in [-0.4, -0.2) is 37.8 Å². The maximum atomic E-state index is 12.9. The van der Waals surface area contributed by atoms with E-state index in [1.165, 1.54) is 6.08 Å². The highest BCUT2D eigenvalue weighted by molar-refractivity contribution is 7.87. The fraction of sp³-hybridized carbons (Fsp3) is 0.833. The molecule has 0 N–H and O–H groups in total. The van der Waals surface area contributed by atoms with Crippen LogP contribution in [0.2, 0.25) is 0 Å². The lowest BCUT2D eigenvalue weighted by molar-refractivity contribution is -0.137. The molecule has 156 valence electrons. The van der Waals surface area contributed by atoms with Crippen LogP contribution in [0.5, 0.6) is 0 Å². The second-order valence-electron chi connectivity index (χ2n) is 7.46. The molecule has 0 aliphatic heterocycles. The Labute approximate surface area is 159 Å². The smallest absolute Gasteiger partial charge is 0.381 e. The minimum Gasteiger partial charge on any atom is -0.381 e. The molecule has 0 aromatic carbocycles. The summed E-state index contributed by atoms with van der Waals surface area (Å²) in [6.07, 6.45) is 8.51. The first-order valence-electron chi connectivity index (χ1n) is 9.55. The van der Waals surface area contributed by atoms with Gasteiger partial charge in [0.2, 0.25) is 5.91 Å². The van der Waals surface area contributed by atoms with E-state index in [-0.39, 0.29) is 24.1 Å². The van der Waals surface area contributed by atoms with Gasteiger partial charge in [-0.2, -0.15) is 21.6 Å². The van der Waals surface area contributed by atoms with Crippen LogP contribution in [0, 0.1) is 11.8 Å². The van der Waals surface area contributed by atoms with Crippen molar-refractivity contribution in [3.63, 3.8) is 0 Å². The van der Waals surface area contributed by atoms with Gasteiger partial charge in [0.05, 0.1) is 5.92 Å². The number of nitrogens with zero attached hydrogens (tertiary/aromatic N) is 1. The summed E-state index contributed by atoms with van der Waals surface area (Å²) in [7, 11) is -3.95. The molecule has 3 atom stereocenters. The Kier molecular flexibility index (Phi) is 7.21. The van der Waals surface area contributed by atoms with Gasteiger partial charge >= 0.3 is 15.6 Å². The average molecular weight is 411 g/mol. The number of allylic oxidation sites excluding steroid dienone is 1. The number of amides is 1. The van der Waals surface area contributed by atoms with Gasteiger partial charge in [-0.3, -0.25) is 4.79 Å². The lowest BCUT2D eigenvalue weighted by atomic mass is 9.80. The van der Waals surface area contributed by atoms with Crippen molar-refractivity contribution in [2.45, 2.75) is 76.3 Å². The Hall–Kier alpha value is -1.25. The third kappa shape index (κ3) is 5.39. The molecule has 1 amide bonds. The molecule has 2 rings (SSSR count). The summed E-state index contributed by atoms with van der Waals surface area (Å²) in [5.74, 6) is -0.676. The van der Waals surface area contributed by atoms with E-state index in [0.717, 1.165) is 38.5 Å². The van der Waals surface area contributed by atoms with Crippen molar-refractivity contribution in [2.75, 3.05) is 7.05 Å². The fourth-order valence-corrected chi connectivity index (χ4v) is 4.69. The van der Waals surface area contributed by atoms with Crippen molar-refractivity contribution in [3.8, 4) is 0 Å². The fourth-order valence-electron chi connectivity index (χ4n) is 4.17. The van der Waals surface area contributed by atoms with Crippen molar-refractivity contribution < 1.29 is 30.6 Å². The second kappa shape index (κ2) is 8.84. The average Bonchev–Trinajstić information content (AvgIpc) is 2.60. The monoisotopic (exact) mass is 411 g/mol. The SMILES string of the molecule is CCCC1CCCCC1N(C)C(=O)C1C=C(OS(=O)(=O)C(F)(F)F)CCC1. The van der Waals surface area contributed by atoms with E-state index in [2.05, 4.69) is 11.1 Å². The number of halogens is 3. The molecule has 0 aromatic rings. The Morgan fingerprint density at radius 3 is 2.52 bits per heavy atom. The predicted octanol–water partition coefficient (Wildman–Crippen LogP) is 4.35. The van der Waals surface area contributed by atoms with Gasteiger partial charge < -0.3 is 9.08 Å². The number of hydrogen-bond donors (Lipinski definition) is 0. The molecular formula is C18H28F3NO4S. The van der Waals surface area contributed by atoms with Gasteiger partial charge in [0, 0.05) is 19.5 Å². The molecule has 9 heteroatoms. The Morgan fingerprint density at radius 1 is 1.22 bits per heavy atom. The maximum absolute atomic E-state index is 12.9. The Balaban J connectivity index is 2.10. The van der Waals surface area contributed by atoms with Crippen molar-refractivity contribution in [1.82, 2.24) is 4.90 Å². The van der Waals surface area contributed by atoms with Crippen LogP contribution in [-0.2, 0) is 19.1 Å². The van der Waals surface area contributed by atoms with Gasteiger partial charge in [0.15, 0.2) is 0 Å². The molecule has 1 fully saturated rings. The molecule has 0 heterocycles. The number of carbonyl (C=O) groups is 1. The number of hydrogen-bond acceptors (Lipinski definition) is 4. The van der Waals surface area contributed by atoms with Crippen LogP contribution < -0.4 is 0 Å². The van der Waals surface area contributed by atoms with Gasteiger partial charge in [-0.1, -0.05) is 26.2 Å². The first-order valence-corrected chi connectivity index (χ1v) is 11.0. The van der Waals surface area contributed by atoms with E-state index in [0.29, 0.717) is 18.8 Å². The zero-order valence-electron chi connectivity index (χ0n) is 15.8. The summed E-state index contributed by atoms with van der Waals surface area (Å²) in [6.45, 7) is 2.11. The summed E-state index contributed by atoms with van der Waals surface area (Å²) in [5.41, 5.74) is -5.48. The third-order valence-corrected chi connectivity index (χ3v) is 6.52. The summed E-state index contributed by atoms with van der Waals surface area (Å²) in [6, 6.07) is 0.129. The summed E-state index contributed by atoms with van der Waals surface area (Å²) >= 11 is 0. The highest BCUT2D eigenvalue weighted by Crippen LogP contribution is 2.35. The summed E-state index contributed by atoms with van der Waals surface area (Å²) in [5, 5.41) is 0. The maximum Gasteiger partial charge on any atom is 0.534 e. The lowest BCUT2D eigenvalue weighted by Crippen LogP contribution is -2.46. The quantitative estimate of drug-likeness (QED) is 0.481. The van der Waals surface area contributed by atoms with E-state index in [1.807, 2.05) is 0 Å². The van der Waals surface area contributed by atoms with Crippen LogP contribution in [0.25, 0.3) is 0 Å². The molecule has 0 saturated heterocycles. The van der Waals surface area contributed by atoms with Crippen LogP contribution in [0.15, 0.2) is 11.8 Å². The standard InChI is InChI=1S/C18H28F3NO4S/c1-3-7-13-8-4-5-11-16(13)22(2)17(23)14-9-6-10-15(12-14)26-27(24,25)18(19,20)21/h12-14,16H,3-11H2,1-2H3. The lowest BCUT2D eigenvalue weighted by Gasteiger charge is -2.39. The molecular weight excluding hydrogens is 383 g/mol. The van der Waals surface area contributed by atoms with Crippen molar-refractivity contribution >= 4 is 16.0 Å². The van der Waals surface area contributed by atoms with E-state index >= 15 is 0 Å². The van der Waals surface area contributed by atoms with Crippen LogP contribution in [0.4, 0.5) is 13.2 Å². The minimum atomic E-state index is -5.70. The van der Waals surface area contributed by atoms with E-state index < -0.39 is 21.5 Å². The van der Waals surface area contributed by atoms with E-state index in [9.17, 15) is 26.4 Å². The van der Waals surface area contributed by atoms with Gasteiger partial charge in [0.25, 0.3) is 0 Å². The highest BCUT2D eigenvalue weighted by Gasteiger charge is 2.49. The van der Waals surface area contributed by atoms with Gasteiger partial charge in [-0.25, -0.2) is 0 Å². The molecule has 0 bridgehead atoms. The van der Waals surface area contributed by atoms with Crippen LogP contribution >= 0.6 is 0 Å². The minimum absolute atomic E-state index is 0.0741. The first-order chi connectivity index (χ1) is 12.6. The topological polar surface area (TPSA) is 63.7 Å². The van der Waals surface area contributed by atoms with E-state index in [1.54, 1.807) is 11.9 Å². The van der Waals surface area contributed by atoms with Crippen molar-refractivity contribution in [1.29, 1.82) is 0 Å². The van der Waals surface area contributed by atoms with Crippen molar-refractivity contribution in [3.05, 3.63) is 11.8 Å². The highest BCUT2D eigenvalue weighted by atomic mass is 32.2. The third-order valence-electron chi connectivity index (χ3n) is 5.52. The first kappa shape index (κ1) is 22.0. The molecule has 5 nitrogen and oxygen atoms in total. The summed E-state index contributed by atoms with van der Waals surface area (Å²) < 4.78 is 64.2. The Morgan fingerprint density at radius 2 is 1.89 bits per heavy atom. The molecule has 0 aromatic heterocycles.